The van der Waals surface area contributed by atoms with Crippen molar-refractivity contribution in [2.45, 2.75) is 18.8 Å². The van der Waals surface area contributed by atoms with Gasteiger partial charge < -0.3 is 14.5 Å². The molecule has 0 atom stereocenters. The summed E-state index contributed by atoms with van der Waals surface area (Å²) in [6.45, 7) is 5.79. The fourth-order valence-corrected chi connectivity index (χ4v) is 5.84. The number of hydrogen-bond donors (Lipinski definition) is 0. The largest absolute Gasteiger partial charge is 0.497 e. The van der Waals surface area contributed by atoms with Gasteiger partial charge in [-0.05, 0) is 62.3 Å². The maximum absolute atomic E-state index is 12.9. The van der Waals surface area contributed by atoms with Crippen LogP contribution >= 0.6 is 11.3 Å². The highest BCUT2D eigenvalue weighted by Gasteiger charge is 2.27. The molecule has 32 heavy (non-hydrogen) atoms. The molecular formula is C25H30N4O2S. The van der Waals surface area contributed by atoms with E-state index in [0.29, 0.717) is 12.5 Å². The van der Waals surface area contributed by atoms with E-state index < -0.39 is 0 Å². The van der Waals surface area contributed by atoms with E-state index in [-0.39, 0.29) is 5.91 Å². The zero-order chi connectivity index (χ0) is 21.9. The predicted molar refractivity (Wildman–Crippen MR) is 130 cm³/mol. The predicted octanol–water partition coefficient (Wildman–Crippen LogP) is 3.83. The van der Waals surface area contributed by atoms with E-state index in [1.807, 2.05) is 28.4 Å². The second kappa shape index (κ2) is 9.46. The minimum absolute atomic E-state index is 0.262. The Balaban J connectivity index is 1.09. The number of para-hydroxylation sites is 1. The summed E-state index contributed by atoms with van der Waals surface area (Å²) in [6, 6.07) is 16.5. The minimum Gasteiger partial charge on any atom is -0.497 e. The van der Waals surface area contributed by atoms with Gasteiger partial charge in [0.25, 0.3) is 0 Å². The van der Waals surface area contributed by atoms with Crippen LogP contribution in [0.4, 0.5) is 5.69 Å². The molecule has 0 saturated carbocycles. The van der Waals surface area contributed by atoms with Crippen LogP contribution in [0.2, 0.25) is 0 Å². The number of likely N-dealkylation sites (tertiary alicyclic amines) is 1. The van der Waals surface area contributed by atoms with Crippen LogP contribution in [-0.2, 0) is 4.79 Å². The maximum atomic E-state index is 12.9. The molecule has 168 valence electrons. The lowest BCUT2D eigenvalue weighted by atomic mass is 9.97. The summed E-state index contributed by atoms with van der Waals surface area (Å²) >= 11 is 1.83. The number of hydrogen-bond acceptors (Lipinski definition) is 6. The number of methoxy groups -OCH3 is 1. The molecule has 5 rings (SSSR count). The molecule has 2 aromatic carbocycles. The van der Waals surface area contributed by atoms with Crippen LogP contribution < -0.4 is 9.64 Å². The van der Waals surface area contributed by atoms with Crippen molar-refractivity contribution in [3.8, 4) is 5.75 Å². The third-order valence-electron chi connectivity index (χ3n) is 6.68. The highest BCUT2D eigenvalue weighted by Crippen LogP contribution is 2.33. The number of fused-ring (bicyclic) bond motifs is 1. The Labute approximate surface area is 193 Å². The minimum atomic E-state index is 0.262. The molecule has 3 heterocycles. The molecule has 1 aromatic heterocycles. The third-order valence-corrected chi connectivity index (χ3v) is 7.87. The van der Waals surface area contributed by atoms with Crippen LogP contribution in [0.1, 0.15) is 23.8 Å². The van der Waals surface area contributed by atoms with Gasteiger partial charge in [0.05, 0.1) is 28.9 Å². The van der Waals surface area contributed by atoms with Gasteiger partial charge in [-0.3, -0.25) is 9.69 Å². The average Bonchev–Trinajstić information content (AvgIpc) is 3.29. The standard InChI is InChI=1S/C25H30N4O2S/c1-31-21-8-6-20(7-9-21)28-14-16-29(17-15-28)24(30)18-27-12-10-19(11-13-27)25-26-22-4-2-3-5-23(22)32-25/h2-9,19H,10-18H2,1H3. The number of anilines is 1. The molecule has 0 N–H and O–H groups in total. The summed E-state index contributed by atoms with van der Waals surface area (Å²) < 4.78 is 6.52. The fourth-order valence-electron chi connectivity index (χ4n) is 4.70. The van der Waals surface area contributed by atoms with Crippen LogP contribution in [0.3, 0.4) is 0 Å². The van der Waals surface area contributed by atoms with Crippen molar-refractivity contribution in [1.82, 2.24) is 14.8 Å². The lowest BCUT2D eigenvalue weighted by Crippen LogP contribution is -2.51. The quantitative estimate of drug-likeness (QED) is 0.591. The molecule has 0 unspecified atom stereocenters. The Kier molecular flexibility index (Phi) is 6.28. The number of piperidine rings is 1. The lowest BCUT2D eigenvalue weighted by Gasteiger charge is -2.38. The molecule has 3 aromatic rings. The summed E-state index contributed by atoms with van der Waals surface area (Å²) in [5.74, 6) is 1.65. The van der Waals surface area contributed by atoms with Crippen molar-refractivity contribution in [2.24, 2.45) is 0 Å². The SMILES string of the molecule is COc1ccc(N2CCN(C(=O)CN3CCC(c4nc5ccccc5s4)CC3)CC2)cc1. The first-order chi connectivity index (χ1) is 15.7. The molecular weight excluding hydrogens is 420 g/mol. The molecule has 2 aliphatic heterocycles. The van der Waals surface area contributed by atoms with Crippen molar-refractivity contribution in [1.29, 1.82) is 0 Å². The van der Waals surface area contributed by atoms with Gasteiger partial charge in [0.2, 0.25) is 5.91 Å². The molecule has 6 nitrogen and oxygen atoms in total. The van der Waals surface area contributed by atoms with Crippen molar-refractivity contribution in [3.63, 3.8) is 0 Å². The molecule has 0 bridgehead atoms. The van der Waals surface area contributed by atoms with Crippen LogP contribution in [0.5, 0.6) is 5.75 Å². The number of rotatable bonds is 5. The van der Waals surface area contributed by atoms with Gasteiger partial charge in [-0.15, -0.1) is 11.3 Å². The van der Waals surface area contributed by atoms with E-state index in [9.17, 15) is 4.79 Å². The Morgan fingerprint density at radius 1 is 1.00 bits per heavy atom. The zero-order valence-corrected chi connectivity index (χ0v) is 19.4. The van der Waals surface area contributed by atoms with E-state index in [1.54, 1.807) is 7.11 Å². The van der Waals surface area contributed by atoms with Crippen molar-refractivity contribution >= 4 is 33.1 Å². The van der Waals surface area contributed by atoms with Gasteiger partial charge in [-0.1, -0.05) is 12.1 Å². The molecule has 1 amide bonds. The fraction of sp³-hybridized carbons (Fsp3) is 0.440. The highest BCUT2D eigenvalue weighted by atomic mass is 32.1. The number of aromatic nitrogens is 1. The van der Waals surface area contributed by atoms with Gasteiger partial charge in [-0.25, -0.2) is 4.98 Å². The number of piperazine rings is 1. The van der Waals surface area contributed by atoms with Gasteiger partial charge in [0.1, 0.15) is 5.75 Å². The van der Waals surface area contributed by atoms with Gasteiger partial charge in [0, 0.05) is 37.8 Å². The van der Waals surface area contributed by atoms with Crippen molar-refractivity contribution in [3.05, 3.63) is 53.5 Å². The smallest absolute Gasteiger partial charge is 0.236 e. The second-order valence-electron chi connectivity index (χ2n) is 8.64. The lowest BCUT2D eigenvalue weighted by molar-refractivity contribution is -0.133. The average molecular weight is 451 g/mol. The third kappa shape index (κ3) is 4.59. The molecule has 7 heteroatoms. The molecule has 2 aliphatic rings. The van der Waals surface area contributed by atoms with E-state index in [0.717, 1.165) is 63.4 Å². The number of benzene rings is 2. The maximum Gasteiger partial charge on any atom is 0.236 e. The topological polar surface area (TPSA) is 48.9 Å². The molecule has 2 saturated heterocycles. The first-order valence-corrected chi connectivity index (χ1v) is 12.3. The first kappa shape index (κ1) is 21.2. The molecule has 0 aliphatic carbocycles. The highest BCUT2D eigenvalue weighted by molar-refractivity contribution is 7.18. The number of nitrogens with zero attached hydrogens (tertiary/aromatic N) is 4. The van der Waals surface area contributed by atoms with Crippen LogP contribution in [0.15, 0.2) is 48.5 Å². The van der Waals surface area contributed by atoms with Gasteiger partial charge >= 0.3 is 0 Å². The Hall–Kier alpha value is -2.64. The van der Waals surface area contributed by atoms with E-state index in [1.165, 1.54) is 15.4 Å². The Morgan fingerprint density at radius 3 is 2.41 bits per heavy atom. The number of thiazole rings is 1. The zero-order valence-electron chi connectivity index (χ0n) is 18.6. The first-order valence-electron chi connectivity index (χ1n) is 11.4. The normalized spacial score (nSPS) is 18.3. The van der Waals surface area contributed by atoms with E-state index in [2.05, 4.69) is 46.2 Å². The summed E-state index contributed by atoms with van der Waals surface area (Å²) in [6.07, 6.45) is 2.16. The van der Waals surface area contributed by atoms with Crippen molar-refractivity contribution in [2.75, 3.05) is 57.8 Å². The molecule has 0 radical (unpaired) electrons. The monoisotopic (exact) mass is 450 g/mol. The van der Waals surface area contributed by atoms with Crippen LogP contribution in [0, 0.1) is 0 Å². The Bertz CT molecular complexity index is 1020. The second-order valence-corrected chi connectivity index (χ2v) is 9.70. The van der Waals surface area contributed by atoms with E-state index >= 15 is 0 Å². The van der Waals surface area contributed by atoms with Gasteiger partial charge in [-0.2, -0.15) is 0 Å². The number of carbonyl (C=O) groups excluding carboxylic acids is 1. The summed E-state index contributed by atoms with van der Waals surface area (Å²) in [5, 5.41) is 1.26. The number of amides is 1. The molecule has 2 fully saturated rings. The number of ether oxygens (including phenoxy) is 1. The summed E-state index contributed by atoms with van der Waals surface area (Å²) in [7, 11) is 1.68. The number of carbonyl (C=O) groups is 1. The molecule has 0 spiro atoms. The summed E-state index contributed by atoms with van der Waals surface area (Å²) in [5.41, 5.74) is 2.30. The summed E-state index contributed by atoms with van der Waals surface area (Å²) in [4.78, 5) is 24.4. The van der Waals surface area contributed by atoms with Gasteiger partial charge in [0.15, 0.2) is 0 Å². The van der Waals surface area contributed by atoms with Crippen LogP contribution in [0.25, 0.3) is 10.2 Å². The van der Waals surface area contributed by atoms with Crippen LogP contribution in [-0.4, -0.2) is 73.6 Å². The van der Waals surface area contributed by atoms with Crippen molar-refractivity contribution < 1.29 is 9.53 Å². The van der Waals surface area contributed by atoms with E-state index in [4.69, 9.17) is 9.72 Å². The Morgan fingerprint density at radius 2 is 1.72 bits per heavy atom.